The summed E-state index contributed by atoms with van der Waals surface area (Å²) in [4.78, 5) is 32.9. The molecule has 0 unspecified atom stereocenters. The fourth-order valence-corrected chi connectivity index (χ4v) is 3.38. The van der Waals surface area contributed by atoms with Crippen LogP contribution in [-0.4, -0.2) is 43.7 Å². The Labute approximate surface area is 147 Å². The number of aliphatic imine (C=N–C) groups is 1. The van der Waals surface area contributed by atoms with E-state index in [0.29, 0.717) is 22.3 Å². The third-order valence-corrected chi connectivity index (χ3v) is 4.56. The fourth-order valence-electron chi connectivity index (χ4n) is 2.33. The van der Waals surface area contributed by atoms with Gasteiger partial charge in [0.2, 0.25) is 0 Å². The zero-order chi connectivity index (χ0) is 18.0. The molecular weight excluding hydrogens is 342 g/mol. The normalized spacial score (nSPS) is 17.6. The van der Waals surface area contributed by atoms with E-state index < -0.39 is 5.97 Å². The highest BCUT2D eigenvalue weighted by atomic mass is 32.2. The summed E-state index contributed by atoms with van der Waals surface area (Å²) < 4.78 is 0. The number of phenols is 1. The van der Waals surface area contributed by atoms with Gasteiger partial charge in [0.15, 0.2) is 5.17 Å². The van der Waals surface area contributed by atoms with Crippen LogP contribution in [-0.2, 0) is 4.79 Å². The molecule has 0 saturated carbocycles. The minimum absolute atomic E-state index is 0.146. The van der Waals surface area contributed by atoms with Crippen LogP contribution in [0.25, 0.3) is 6.08 Å². The van der Waals surface area contributed by atoms with Gasteiger partial charge in [-0.05, 0) is 49.0 Å². The van der Waals surface area contributed by atoms with Crippen molar-refractivity contribution < 1.29 is 19.8 Å². The minimum atomic E-state index is -1.21. The number of H-pyrrole nitrogens is 1. The lowest BCUT2D eigenvalue weighted by molar-refractivity contribution is -0.122. The maximum atomic E-state index is 12.5. The van der Waals surface area contributed by atoms with Gasteiger partial charge in [-0.1, -0.05) is 0 Å². The van der Waals surface area contributed by atoms with Crippen molar-refractivity contribution >= 4 is 40.6 Å². The second-order valence-corrected chi connectivity index (χ2v) is 6.20. The number of amides is 1. The van der Waals surface area contributed by atoms with Crippen LogP contribution < -0.4 is 0 Å². The lowest BCUT2D eigenvalue weighted by atomic mass is 10.2. The average Bonchev–Trinajstić information content (AvgIpc) is 3.16. The minimum Gasteiger partial charge on any atom is -0.507 e. The van der Waals surface area contributed by atoms with Crippen LogP contribution in [0.5, 0.6) is 5.75 Å². The number of thioether (sulfide) groups is 1. The van der Waals surface area contributed by atoms with Gasteiger partial charge in [-0.3, -0.25) is 9.69 Å². The molecule has 0 bridgehead atoms. The average molecular weight is 357 g/mol. The highest BCUT2D eigenvalue weighted by Crippen LogP contribution is 2.34. The highest BCUT2D eigenvalue weighted by Gasteiger charge is 2.32. The number of carbonyl (C=O) groups excluding carboxylic acids is 1. The van der Waals surface area contributed by atoms with Crippen LogP contribution in [0.1, 0.15) is 23.0 Å². The molecule has 3 rings (SSSR count). The summed E-state index contributed by atoms with van der Waals surface area (Å²) in [6, 6.07) is 7.74. The quantitative estimate of drug-likeness (QED) is 0.729. The van der Waals surface area contributed by atoms with Crippen molar-refractivity contribution in [2.24, 2.45) is 4.99 Å². The molecule has 3 N–H and O–H groups in total. The van der Waals surface area contributed by atoms with E-state index in [1.807, 2.05) is 19.1 Å². The third-order valence-electron chi connectivity index (χ3n) is 3.55. The number of hydrogen-bond acceptors (Lipinski definition) is 5. The summed E-state index contributed by atoms with van der Waals surface area (Å²) in [7, 11) is 0. The van der Waals surface area contributed by atoms with E-state index >= 15 is 0 Å². The molecule has 2 aromatic rings. The van der Waals surface area contributed by atoms with Crippen molar-refractivity contribution in [1.82, 2.24) is 9.88 Å². The first-order valence-corrected chi connectivity index (χ1v) is 8.31. The Balaban J connectivity index is 1.93. The first-order chi connectivity index (χ1) is 12.0. The molecule has 2 heterocycles. The summed E-state index contributed by atoms with van der Waals surface area (Å²) >= 11 is 1.23. The summed E-state index contributed by atoms with van der Waals surface area (Å²) in [6.45, 7) is 2.29. The molecule has 0 aliphatic carbocycles. The van der Waals surface area contributed by atoms with Crippen molar-refractivity contribution in [3.05, 3.63) is 52.7 Å². The van der Waals surface area contributed by atoms with Gasteiger partial charge in [0.1, 0.15) is 11.3 Å². The predicted octanol–water partition coefficient (Wildman–Crippen LogP) is 3.04. The topological polar surface area (TPSA) is 106 Å². The zero-order valence-electron chi connectivity index (χ0n) is 13.3. The summed E-state index contributed by atoms with van der Waals surface area (Å²) in [5.74, 6) is -1.73. The monoisotopic (exact) mass is 357 g/mol. The van der Waals surface area contributed by atoms with Crippen molar-refractivity contribution in [2.45, 2.75) is 6.92 Å². The first-order valence-electron chi connectivity index (χ1n) is 7.49. The zero-order valence-corrected chi connectivity index (χ0v) is 14.1. The van der Waals surface area contributed by atoms with E-state index in [9.17, 15) is 14.7 Å². The molecule has 8 heteroatoms. The first kappa shape index (κ1) is 16.8. The van der Waals surface area contributed by atoms with E-state index in [-0.39, 0.29) is 17.2 Å². The Morgan fingerprint density at radius 2 is 2.20 bits per heavy atom. The number of amidine groups is 1. The standard InChI is InChI=1S/C17H15N3O4S/c1-2-20-15(22)14(9-10-4-3-7-18-10)25-17(20)19-11-5-6-12(16(23)24)13(21)8-11/h3-9,18,21H,2H2,1H3,(H,23,24)/b14-9-,19-17?. The molecule has 1 aliphatic rings. The van der Waals surface area contributed by atoms with Crippen molar-refractivity contribution in [1.29, 1.82) is 0 Å². The summed E-state index contributed by atoms with van der Waals surface area (Å²) in [6.07, 6.45) is 3.53. The number of nitrogens with one attached hydrogen (secondary N) is 1. The predicted molar refractivity (Wildman–Crippen MR) is 95.9 cm³/mol. The van der Waals surface area contributed by atoms with E-state index in [1.165, 1.54) is 34.9 Å². The Bertz CT molecular complexity index is 887. The Kier molecular flexibility index (Phi) is 4.62. The van der Waals surface area contributed by atoms with Gasteiger partial charge >= 0.3 is 5.97 Å². The summed E-state index contributed by atoms with van der Waals surface area (Å²) in [5.41, 5.74) is 0.993. The van der Waals surface area contributed by atoms with Gasteiger partial charge in [0.25, 0.3) is 5.91 Å². The smallest absolute Gasteiger partial charge is 0.339 e. The van der Waals surface area contributed by atoms with Crippen LogP contribution in [0.2, 0.25) is 0 Å². The number of benzene rings is 1. The molecule has 1 fully saturated rings. The number of aromatic amines is 1. The molecule has 1 saturated heterocycles. The van der Waals surface area contributed by atoms with E-state index in [1.54, 1.807) is 12.3 Å². The van der Waals surface area contributed by atoms with Crippen LogP contribution in [0, 0.1) is 0 Å². The van der Waals surface area contributed by atoms with Crippen LogP contribution in [0.15, 0.2) is 46.4 Å². The van der Waals surface area contributed by atoms with Crippen molar-refractivity contribution in [3.8, 4) is 5.75 Å². The lowest BCUT2D eigenvalue weighted by Gasteiger charge is -2.12. The number of carboxylic acid groups (broad SMARTS) is 1. The molecule has 25 heavy (non-hydrogen) atoms. The Morgan fingerprint density at radius 1 is 1.40 bits per heavy atom. The molecule has 0 atom stereocenters. The molecule has 128 valence electrons. The number of aromatic carboxylic acids is 1. The van der Waals surface area contributed by atoms with E-state index in [2.05, 4.69) is 9.98 Å². The van der Waals surface area contributed by atoms with Gasteiger partial charge in [-0.2, -0.15) is 0 Å². The van der Waals surface area contributed by atoms with Crippen LogP contribution in [0.4, 0.5) is 5.69 Å². The molecule has 7 nitrogen and oxygen atoms in total. The Morgan fingerprint density at radius 3 is 2.80 bits per heavy atom. The molecule has 1 aliphatic heterocycles. The molecular formula is C17H15N3O4S. The maximum absolute atomic E-state index is 12.5. The van der Waals surface area contributed by atoms with Crippen molar-refractivity contribution in [3.63, 3.8) is 0 Å². The number of likely N-dealkylation sites (N-methyl/N-ethyl adjacent to an activating group) is 1. The van der Waals surface area contributed by atoms with Gasteiger partial charge in [0.05, 0.1) is 10.6 Å². The van der Waals surface area contributed by atoms with Crippen molar-refractivity contribution in [2.75, 3.05) is 6.54 Å². The number of carbonyl (C=O) groups is 2. The molecule has 0 spiro atoms. The number of hydrogen-bond donors (Lipinski definition) is 3. The molecule has 1 aromatic carbocycles. The highest BCUT2D eigenvalue weighted by molar-refractivity contribution is 8.18. The number of aromatic nitrogens is 1. The SMILES string of the molecule is CCN1C(=O)/C(=C/c2ccc[nH]2)SC1=Nc1ccc(C(=O)O)c(O)c1. The number of aromatic hydroxyl groups is 1. The van der Waals surface area contributed by atoms with E-state index in [0.717, 1.165) is 5.69 Å². The van der Waals surface area contributed by atoms with Crippen LogP contribution >= 0.6 is 11.8 Å². The maximum Gasteiger partial charge on any atom is 0.339 e. The fraction of sp³-hybridized carbons (Fsp3) is 0.118. The molecule has 1 amide bonds. The van der Waals surface area contributed by atoms with Crippen LogP contribution in [0.3, 0.4) is 0 Å². The van der Waals surface area contributed by atoms with E-state index in [4.69, 9.17) is 5.11 Å². The molecule has 1 aromatic heterocycles. The van der Waals surface area contributed by atoms with Gasteiger partial charge < -0.3 is 15.2 Å². The Hall–Kier alpha value is -3.00. The summed E-state index contributed by atoms with van der Waals surface area (Å²) in [5, 5.41) is 19.2. The lowest BCUT2D eigenvalue weighted by Crippen LogP contribution is -2.28. The second-order valence-electron chi connectivity index (χ2n) is 5.19. The molecule has 0 radical (unpaired) electrons. The van der Waals surface area contributed by atoms with Gasteiger partial charge in [-0.25, -0.2) is 9.79 Å². The van der Waals surface area contributed by atoms with Gasteiger partial charge in [0, 0.05) is 24.5 Å². The third kappa shape index (κ3) is 3.43. The largest absolute Gasteiger partial charge is 0.507 e. The second kappa shape index (κ2) is 6.86. The number of rotatable bonds is 4. The number of nitrogens with zero attached hydrogens (tertiary/aromatic N) is 2. The number of carboxylic acids is 1. The van der Waals surface area contributed by atoms with Gasteiger partial charge in [-0.15, -0.1) is 0 Å².